The summed E-state index contributed by atoms with van der Waals surface area (Å²) < 4.78 is 3.67. The van der Waals surface area contributed by atoms with Crippen LogP contribution in [0, 0.1) is 20.8 Å². The molecule has 0 spiro atoms. The van der Waals surface area contributed by atoms with Crippen LogP contribution in [0.15, 0.2) is 12.4 Å². The molecule has 2 heterocycles. The Morgan fingerprint density at radius 3 is 2.60 bits per heavy atom. The Bertz CT molecular complexity index is 626. The monoisotopic (exact) mass is 275 g/mol. The first-order valence-corrected chi connectivity index (χ1v) is 6.67. The molecule has 0 saturated heterocycles. The summed E-state index contributed by atoms with van der Waals surface area (Å²) in [5.41, 5.74) is 3.12. The largest absolute Gasteiger partial charge is 0.348 e. The Morgan fingerprint density at radius 1 is 1.40 bits per heavy atom. The van der Waals surface area contributed by atoms with Crippen LogP contribution in [0.4, 0.5) is 0 Å². The molecule has 1 atom stereocenters. The third-order valence-corrected chi connectivity index (χ3v) is 3.61. The maximum Gasteiger partial charge on any atom is 0.240 e. The van der Waals surface area contributed by atoms with Crippen LogP contribution in [-0.2, 0) is 18.4 Å². The highest BCUT2D eigenvalue weighted by Crippen LogP contribution is 2.20. The van der Waals surface area contributed by atoms with Crippen LogP contribution in [0.5, 0.6) is 0 Å². The van der Waals surface area contributed by atoms with Crippen molar-refractivity contribution in [1.82, 2.24) is 24.6 Å². The predicted octanol–water partition coefficient (Wildman–Crippen LogP) is 1.42. The van der Waals surface area contributed by atoms with Gasteiger partial charge < -0.3 is 9.88 Å². The van der Waals surface area contributed by atoms with Crippen molar-refractivity contribution in [3.05, 3.63) is 35.2 Å². The number of hydrogen-bond donors (Lipinski definition) is 1. The highest BCUT2D eigenvalue weighted by atomic mass is 16.2. The zero-order valence-electron chi connectivity index (χ0n) is 12.6. The molecule has 2 rings (SSSR count). The van der Waals surface area contributed by atoms with E-state index in [1.54, 1.807) is 12.4 Å². The van der Waals surface area contributed by atoms with Gasteiger partial charge in [0, 0.05) is 30.7 Å². The predicted molar refractivity (Wildman–Crippen MR) is 76.2 cm³/mol. The molecular formula is C14H21N5O. The third kappa shape index (κ3) is 2.74. The van der Waals surface area contributed by atoms with Crippen LogP contribution >= 0.6 is 0 Å². The molecule has 1 N–H and O–H groups in total. The van der Waals surface area contributed by atoms with E-state index in [9.17, 15) is 4.79 Å². The van der Waals surface area contributed by atoms with Crippen LogP contribution in [-0.4, -0.2) is 25.2 Å². The molecule has 0 aliphatic carbocycles. The minimum atomic E-state index is -0.0555. The summed E-state index contributed by atoms with van der Waals surface area (Å²) in [5.74, 6) is 0.808. The molecule has 0 aromatic carbocycles. The Hall–Kier alpha value is -2.11. The fourth-order valence-corrected chi connectivity index (χ4v) is 2.50. The lowest BCUT2D eigenvalue weighted by atomic mass is 10.1. The van der Waals surface area contributed by atoms with Crippen molar-refractivity contribution in [3.8, 4) is 0 Å². The van der Waals surface area contributed by atoms with Gasteiger partial charge >= 0.3 is 0 Å². The number of aryl methyl sites for hydroxylation is 3. The number of aromatic nitrogens is 4. The van der Waals surface area contributed by atoms with Crippen LogP contribution in [0.3, 0.4) is 0 Å². The number of amides is 1. The molecule has 0 radical (unpaired) electrons. The van der Waals surface area contributed by atoms with Crippen molar-refractivity contribution in [1.29, 1.82) is 0 Å². The molecule has 20 heavy (non-hydrogen) atoms. The van der Waals surface area contributed by atoms with Crippen LogP contribution in [0.25, 0.3) is 0 Å². The van der Waals surface area contributed by atoms with Gasteiger partial charge in [-0.15, -0.1) is 0 Å². The Kier molecular flexibility index (Phi) is 3.92. The van der Waals surface area contributed by atoms with Crippen LogP contribution < -0.4 is 5.32 Å². The lowest BCUT2D eigenvalue weighted by molar-refractivity contribution is -0.122. The minimum Gasteiger partial charge on any atom is -0.348 e. The average molecular weight is 275 g/mol. The summed E-state index contributed by atoms with van der Waals surface area (Å²) in [4.78, 5) is 16.2. The van der Waals surface area contributed by atoms with Gasteiger partial charge in [0.25, 0.3) is 0 Å². The summed E-state index contributed by atoms with van der Waals surface area (Å²) in [7, 11) is 1.91. The van der Waals surface area contributed by atoms with E-state index in [1.165, 1.54) is 0 Å². The van der Waals surface area contributed by atoms with E-state index >= 15 is 0 Å². The average Bonchev–Trinajstić information content (AvgIpc) is 2.84. The first-order valence-electron chi connectivity index (χ1n) is 6.67. The quantitative estimate of drug-likeness (QED) is 0.917. The maximum atomic E-state index is 12.1. The number of carbonyl (C=O) groups is 1. The summed E-state index contributed by atoms with van der Waals surface area (Å²) in [5, 5.41) is 7.39. The number of hydrogen-bond acceptors (Lipinski definition) is 3. The lowest BCUT2D eigenvalue weighted by Gasteiger charge is -2.15. The third-order valence-electron chi connectivity index (χ3n) is 3.61. The van der Waals surface area contributed by atoms with Crippen molar-refractivity contribution in [2.24, 2.45) is 7.05 Å². The molecule has 6 nitrogen and oxygen atoms in total. The van der Waals surface area contributed by atoms with E-state index < -0.39 is 0 Å². The molecule has 0 bridgehead atoms. The number of imidazole rings is 1. The highest BCUT2D eigenvalue weighted by molar-refractivity contribution is 5.76. The van der Waals surface area contributed by atoms with Crippen molar-refractivity contribution in [2.75, 3.05) is 0 Å². The lowest BCUT2D eigenvalue weighted by Crippen LogP contribution is -2.30. The van der Waals surface area contributed by atoms with E-state index in [0.29, 0.717) is 0 Å². The Morgan fingerprint density at radius 2 is 2.10 bits per heavy atom. The second kappa shape index (κ2) is 5.48. The number of nitrogens with zero attached hydrogens (tertiary/aromatic N) is 4. The molecule has 1 amide bonds. The molecule has 108 valence electrons. The van der Waals surface area contributed by atoms with Crippen molar-refractivity contribution in [3.63, 3.8) is 0 Å². The van der Waals surface area contributed by atoms with E-state index in [2.05, 4.69) is 15.4 Å². The number of nitrogens with one attached hydrogen (secondary N) is 1. The standard InChI is InChI=1S/C14H21N5O/c1-9(14-10(2)17-18(5)11(14)3)16-13(20)8-19-7-6-15-12(19)4/h6-7,9H,8H2,1-5H3,(H,16,20)/t9-/m0/s1. The summed E-state index contributed by atoms with van der Waals surface area (Å²) >= 11 is 0. The summed E-state index contributed by atoms with van der Waals surface area (Å²) in [6, 6.07) is -0.0555. The topological polar surface area (TPSA) is 64.7 Å². The van der Waals surface area contributed by atoms with E-state index in [-0.39, 0.29) is 18.5 Å². The molecule has 0 fully saturated rings. The zero-order valence-corrected chi connectivity index (χ0v) is 12.6. The highest BCUT2D eigenvalue weighted by Gasteiger charge is 2.18. The second-order valence-electron chi connectivity index (χ2n) is 5.10. The molecule has 2 aromatic rings. The van der Waals surface area contributed by atoms with Crippen molar-refractivity contribution < 1.29 is 4.79 Å². The van der Waals surface area contributed by atoms with Crippen LogP contribution in [0.2, 0.25) is 0 Å². The van der Waals surface area contributed by atoms with Crippen molar-refractivity contribution in [2.45, 2.75) is 40.3 Å². The van der Waals surface area contributed by atoms with Gasteiger partial charge in [-0.1, -0.05) is 0 Å². The maximum absolute atomic E-state index is 12.1. The zero-order chi connectivity index (χ0) is 14.9. The summed E-state index contributed by atoms with van der Waals surface area (Å²) in [6.45, 7) is 8.12. The summed E-state index contributed by atoms with van der Waals surface area (Å²) in [6.07, 6.45) is 3.50. The Labute approximate surface area is 118 Å². The van der Waals surface area contributed by atoms with E-state index in [4.69, 9.17) is 0 Å². The van der Waals surface area contributed by atoms with E-state index in [1.807, 2.05) is 44.0 Å². The normalized spacial score (nSPS) is 12.4. The molecule has 0 unspecified atom stereocenters. The van der Waals surface area contributed by atoms with Crippen LogP contribution in [0.1, 0.15) is 35.7 Å². The molecule has 0 aliphatic heterocycles. The molecule has 0 saturated carbocycles. The minimum absolute atomic E-state index is 0.0266. The Balaban J connectivity index is 2.06. The molecule has 0 aliphatic rings. The van der Waals surface area contributed by atoms with E-state index in [0.717, 1.165) is 22.8 Å². The fraction of sp³-hybridized carbons (Fsp3) is 0.500. The van der Waals surface area contributed by atoms with Gasteiger partial charge in [-0.3, -0.25) is 9.48 Å². The van der Waals surface area contributed by atoms with Crippen molar-refractivity contribution >= 4 is 5.91 Å². The number of rotatable bonds is 4. The first-order chi connectivity index (χ1) is 9.40. The van der Waals surface area contributed by atoms with Gasteiger partial charge in [-0.05, 0) is 27.7 Å². The van der Waals surface area contributed by atoms with Gasteiger partial charge in [-0.25, -0.2) is 4.98 Å². The van der Waals surface area contributed by atoms with Gasteiger partial charge in [0.2, 0.25) is 5.91 Å². The second-order valence-corrected chi connectivity index (χ2v) is 5.10. The number of carbonyl (C=O) groups excluding carboxylic acids is 1. The smallest absolute Gasteiger partial charge is 0.240 e. The van der Waals surface area contributed by atoms with Gasteiger partial charge in [0.1, 0.15) is 12.4 Å². The SMILES string of the molecule is Cc1nn(C)c(C)c1[C@H](C)NC(=O)Cn1ccnc1C. The van der Waals surface area contributed by atoms with Gasteiger partial charge in [0.05, 0.1) is 11.7 Å². The van der Waals surface area contributed by atoms with Gasteiger partial charge in [0.15, 0.2) is 0 Å². The fourth-order valence-electron chi connectivity index (χ4n) is 2.50. The van der Waals surface area contributed by atoms with Gasteiger partial charge in [-0.2, -0.15) is 5.10 Å². The molecular weight excluding hydrogens is 254 g/mol. The molecule has 6 heteroatoms. The molecule has 2 aromatic heterocycles. The first kappa shape index (κ1) is 14.3.